The van der Waals surface area contributed by atoms with Crippen molar-refractivity contribution in [1.29, 1.82) is 0 Å². The number of carbonyl (C=O) groups excluding carboxylic acids is 1. The SMILES string of the molecule is CC/C(F)=C\C=C1/CC(CC(=O)N(C)Cc2cc(-c3ccccc3)no2)C(c2ccccc2Cl)N1. The molecule has 2 heterocycles. The van der Waals surface area contributed by atoms with Crippen LogP contribution < -0.4 is 5.32 Å². The lowest BCUT2D eigenvalue weighted by atomic mass is 9.90. The van der Waals surface area contributed by atoms with Gasteiger partial charge >= 0.3 is 0 Å². The molecule has 0 bridgehead atoms. The van der Waals surface area contributed by atoms with E-state index in [-0.39, 0.29) is 23.7 Å². The molecular weight excluding hydrogens is 465 g/mol. The Morgan fingerprint density at radius 1 is 1.23 bits per heavy atom. The first-order chi connectivity index (χ1) is 16.9. The molecule has 0 aliphatic carbocycles. The monoisotopic (exact) mass is 493 g/mol. The summed E-state index contributed by atoms with van der Waals surface area (Å²) in [6, 6.07) is 19.1. The molecule has 0 spiro atoms. The number of aromatic nitrogens is 1. The predicted octanol–water partition coefficient (Wildman–Crippen LogP) is 6.84. The summed E-state index contributed by atoms with van der Waals surface area (Å²) in [5.41, 5.74) is 3.52. The van der Waals surface area contributed by atoms with Crippen molar-refractivity contribution in [2.75, 3.05) is 7.05 Å². The third-order valence-electron chi connectivity index (χ3n) is 6.22. The molecule has 1 fully saturated rings. The molecule has 1 saturated heterocycles. The van der Waals surface area contributed by atoms with E-state index in [2.05, 4.69) is 10.5 Å². The van der Waals surface area contributed by atoms with Gasteiger partial charge in [-0.3, -0.25) is 4.79 Å². The maximum atomic E-state index is 13.7. The minimum Gasteiger partial charge on any atom is -0.381 e. The van der Waals surface area contributed by atoms with Crippen molar-refractivity contribution in [3.63, 3.8) is 0 Å². The number of benzene rings is 2. The number of amides is 1. The Kier molecular flexibility index (Phi) is 8.03. The zero-order chi connectivity index (χ0) is 24.8. The van der Waals surface area contributed by atoms with Crippen LogP contribution in [0.25, 0.3) is 11.3 Å². The van der Waals surface area contributed by atoms with Crippen LogP contribution in [0.5, 0.6) is 0 Å². The zero-order valence-corrected chi connectivity index (χ0v) is 20.6. The van der Waals surface area contributed by atoms with Crippen LogP contribution in [0.2, 0.25) is 5.02 Å². The standard InChI is InChI=1S/C28H29ClFN3O2/c1-3-21(30)13-14-22-15-20(28(31-22)24-11-7-8-12-25(24)29)16-27(34)33(2)18-23-17-26(32-35-23)19-9-5-4-6-10-19/h4-14,17,20,28,31H,3,15-16,18H2,1-2H3/b21-13+,22-14+. The fraction of sp³-hybridized carbons (Fsp3) is 0.286. The van der Waals surface area contributed by atoms with Crippen molar-refractivity contribution < 1.29 is 13.7 Å². The lowest BCUT2D eigenvalue weighted by Crippen LogP contribution is -2.29. The summed E-state index contributed by atoms with van der Waals surface area (Å²) in [5.74, 6) is 0.397. The Morgan fingerprint density at radius 3 is 2.71 bits per heavy atom. The van der Waals surface area contributed by atoms with E-state index < -0.39 is 0 Å². The second-order valence-electron chi connectivity index (χ2n) is 8.77. The number of rotatable bonds is 8. The molecule has 0 saturated carbocycles. The van der Waals surface area contributed by atoms with Gasteiger partial charge in [0, 0.05) is 35.8 Å². The van der Waals surface area contributed by atoms with Crippen molar-refractivity contribution in [2.45, 2.75) is 38.8 Å². The number of allylic oxidation sites excluding steroid dienone is 4. The molecule has 1 amide bonds. The summed E-state index contributed by atoms with van der Waals surface area (Å²) in [6.45, 7) is 2.09. The summed E-state index contributed by atoms with van der Waals surface area (Å²) in [5, 5.41) is 8.23. The van der Waals surface area contributed by atoms with Gasteiger partial charge in [0.2, 0.25) is 5.91 Å². The molecule has 5 nitrogen and oxygen atoms in total. The highest BCUT2D eigenvalue weighted by molar-refractivity contribution is 6.31. The van der Waals surface area contributed by atoms with Gasteiger partial charge in [0.25, 0.3) is 0 Å². The Labute approximate surface area is 210 Å². The highest BCUT2D eigenvalue weighted by Crippen LogP contribution is 2.39. The smallest absolute Gasteiger partial charge is 0.223 e. The number of nitrogens with zero attached hydrogens (tertiary/aromatic N) is 2. The minimum atomic E-state index is -0.185. The maximum Gasteiger partial charge on any atom is 0.223 e. The Morgan fingerprint density at radius 2 is 1.97 bits per heavy atom. The zero-order valence-electron chi connectivity index (χ0n) is 19.9. The molecular formula is C28H29ClFN3O2. The number of nitrogens with one attached hydrogen (secondary N) is 1. The van der Waals surface area contributed by atoms with E-state index in [9.17, 15) is 9.18 Å². The van der Waals surface area contributed by atoms with Gasteiger partial charge < -0.3 is 14.7 Å². The van der Waals surface area contributed by atoms with Gasteiger partial charge in [0.05, 0.1) is 18.4 Å². The molecule has 7 heteroatoms. The molecule has 2 aromatic carbocycles. The summed E-state index contributed by atoms with van der Waals surface area (Å²) >= 11 is 6.48. The van der Waals surface area contributed by atoms with Crippen molar-refractivity contribution in [2.24, 2.45) is 5.92 Å². The first kappa shape index (κ1) is 24.7. The van der Waals surface area contributed by atoms with Gasteiger partial charge in [-0.15, -0.1) is 0 Å². The molecule has 1 aliphatic rings. The summed E-state index contributed by atoms with van der Waals surface area (Å²) in [6.07, 6.45) is 4.53. The molecule has 3 aromatic rings. The number of hydrogen-bond acceptors (Lipinski definition) is 4. The van der Waals surface area contributed by atoms with Gasteiger partial charge in [0.1, 0.15) is 5.69 Å². The van der Waals surface area contributed by atoms with Crippen LogP contribution in [0.1, 0.15) is 43.6 Å². The van der Waals surface area contributed by atoms with E-state index >= 15 is 0 Å². The maximum absolute atomic E-state index is 13.7. The number of carbonyl (C=O) groups is 1. The number of hydrogen-bond donors (Lipinski definition) is 1. The normalized spacial score (nSPS) is 19.1. The largest absolute Gasteiger partial charge is 0.381 e. The Balaban J connectivity index is 1.46. The minimum absolute atomic E-state index is 0.0111. The molecule has 1 N–H and O–H groups in total. The van der Waals surface area contributed by atoms with E-state index in [4.69, 9.17) is 16.1 Å². The van der Waals surface area contributed by atoms with Crippen LogP contribution in [0, 0.1) is 5.92 Å². The molecule has 1 aromatic heterocycles. The van der Waals surface area contributed by atoms with Gasteiger partial charge in [0.15, 0.2) is 5.76 Å². The first-order valence-corrected chi connectivity index (χ1v) is 12.1. The lowest BCUT2D eigenvalue weighted by Gasteiger charge is -2.23. The van der Waals surface area contributed by atoms with Crippen LogP contribution in [-0.2, 0) is 11.3 Å². The van der Waals surface area contributed by atoms with E-state index in [1.54, 1.807) is 24.9 Å². The highest BCUT2D eigenvalue weighted by atomic mass is 35.5. The second kappa shape index (κ2) is 11.4. The molecule has 182 valence electrons. The van der Waals surface area contributed by atoms with Gasteiger partial charge in [-0.25, -0.2) is 4.39 Å². The van der Waals surface area contributed by atoms with Gasteiger partial charge in [-0.05, 0) is 42.5 Å². The Bertz CT molecular complexity index is 1220. The highest BCUT2D eigenvalue weighted by Gasteiger charge is 2.34. The van der Waals surface area contributed by atoms with Crippen molar-refractivity contribution in [3.8, 4) is 11.3 Å². The van der Waals surface area contributed by atoms with E-state index in [1.165, 1.54) is 6.08 Å². The summed E-state index contributed by atoms with van der Waals surface area (Å²) in [4.78, 5) is 14.8. The third-order valence-corrected chi connectivity index (χ3v) is 6.57. The topological polar surface area (TPSA) is 58.4 Å². The van der Waals surface area contributed by atoms with Gasteiger partial charge in [-0.2, -0.15) is 0 Å². The van der Waals surface area contributed by atoms with Crippen LogP contribution in [0.3, 0.4) is 0 Å². The average molecular weight is 494 g/mol. The second-order valence-corrected chi connectivity index (χ2v) is 9.17. The van der Waals surface area contributed by atoms with E-state index in [0.717, 1.165) is 22.5 Å². The van der Waals surface area contributed by atoms with Crippen LogP contribution in [0.4, 0.5) is 4.39 Å². The van der Waals surface area contributed by atoms with Crippen LogP contribution in [0.15, 0.2) is 88.9 Å². The lowest BCUT2D eigenvalue weighted by molar-refractivity contribution is -0.131. The summed E-state index contributed by atoms with van der Waals surface area (Å²) < 4.78 is 19.2. The van der Waals surface area contributed by atoms with E-state index in [0.29, 0.717) is 36.6 Å². The molecule has 35 heavy (non-hydrogen) atoms. The molecule has 1 aliphatic heterocycles. The first-order valence-electron chi connectivity index (χ1n) is 11.8. The quantitative estimate of drug-likeness (QED) is 0.373. The van der Waals surface area contributed by atoms with E-state index in [1.807, 2.05) is 60.7 Å². The fourth-order valence-corrected chi connectivity index (χ4v) is 4.54. The number of halogens is 2. The van der Waals surface area contributed by atoms with Gasteiger partial charge in [-0.1, -0.05) is 72.2 Å². The fourth-order valence-electron chi connectivity index (χ4n) is 4.29. The third kappa shape index (κ3) is 6.20. The molecule has 4 rings (SSSR count). The average Bonchev–Trinajstić information content (AvgIpc) is 3.50. The molecule has 2 unspecified atom stereocenters. The van der Waals surface area contributed by atoms with Crippen molar-refractivity contribution in [1.82, 2.24) is 15.4 Å². The predicted molar refractivity (Wildman–Crippen MR) is 136 cm³/mol. The molecule has 2 atom stereocenters. The van der Waals surface area contributed by atoms with Crippen molar-refractivity contribution >= 4 is 17.5 Å². The summed E-state index contributed by atoms with van der Waals surface area (Å²) in [7, 11) is 1.76. The Hall–Kier alpha value is -3.38. The van der Waals surface area contributed by atoms with Crippen molar-refractivity contribution in [3.05, 3.63) is 101 Å². The molecule has 0 radical (unpaired) electrons. The van der Waals surface area contributed by atoms with Crippen LogP contribution in [-0.4, -0.2) is 23.0 Å². The van der Waals surface area contributed by atoms with Crippen LogP contribution >= 0.6 is 11.6 Å².